The highest BCUT2D eigenvalue weighted by molar-refractivity contribution is 8.39. The van der Waals surface area contributed by atoms with Crippen LogP contribution in [0.2, 0.25) is 0 Å². The van der Waals surface area contributed by atoms with E-state index in [2.05, 4.69) is 29.4 Å². The number of morpholine rings is 1. The van der Waals surface area contributed by atoms with Gasteiger partial charge in [-0.3, -0.25) is 0 Å². The van der Waals surface area contributed by atoms with Crippen LogP contribution in [-0.2, 0) is 28.8 Å². The first kappa shape index (κ1) is 9.79. The summed E-state index contributed by atoms with van der Waals surface area (Å²) in [4.78, 5) is 0. The summed E-state index contributed by atoms with van der Waals surface area (Å²) in [6.07, 6.45) is 0. The average molecular weight is 183 g/mol. The zero-order chi connectivity index (χ0) is 6.95. The van der Waals surface area contributed by atoms with Crippen molar-refractivity contribution in [3.05, 3.63) is 0 Å². The minimum Gasteiger partial charge on any atom is -0.716 e. The molecule has 0 atom stereocenters. The molecule has 1 aliphatic rings. The first-order valence-electron chi connectivity index (χ1n) is 2.76. The first-order chi connectivity index (χ1) is 4.41. The molecule has 1 fully saturated rings. The Kier molecular flexibility index (Phi) is 9.56. The van der Waals surface area contributed by atoms with E-state index in [1.807, 2.05) is 0 Å². The number of nitrogens with two attached hydrogens (primary N) is 1. The maximum absolute atomic E-state index is 5.04. The lowest BCUT2D eigenvalue weighted by Gasteiger charge is -2.07. The molecule has 1 saturated heterocycles. The first-order valence-corrected chi connectivity index (χ1v) is 5.68. The van der Waals surface area contributed by atoms with Crippen LogP contribution in [0, 0.1) is 0 Å². The van der Waals surface area contributed by atoms with E-state index >= 15 is 0 Å². The molecule has 0 saturated carbocycles. The van der Waals surface area contributed by atoms with Crippen molar-refractivity contribution in [3.63, 3.8) is 0 Å². The SMILES string of the molecule is C1COCC[NH2+]1.S=P[S-]. The van der Waals surface area contributed by atoms with E-state index in [1.165, 1.54) is 0 Å². The van der Waals surface area contributed by atoms with E-state index in [0.717, 1.165) is 26.3 Å². The Balaban J connectivity index is 0.000000187. The minimum atomic E-state index is 0.583. The molecule has 1 rings (SSSR count). The van der Waals surface area contributed by atoms with Gasteiger partial charge in [-0.25, -0.2) is 0 Å². The summed E-state index contributed by atoms with van der Waals surface area (Å²) in [6.45, 7) is 4.78. The lowest BCUT2D eigenvalue weighted by Crippen LogP contribution is -2.87. The van der Waals surface area contributed by atoms with Gasteiger partial charge in [-0.15, -0.1) is 0 Å². The van der Waals surface area contributed by atoms with Crippen LogP contribution in [0.25, 0.3) is 0 Å². The second-order valence-electron chi connectivity index (χ2n) is 1.55. The number of ether oxygens (including phenoxy) is 1. The van der Waals surface area contributed by atoms with Crippen molar-refractivity contribution >= 4 is 30.6 Å². The lowest BCUT2D eigenvalue weighted by molar-refractivity contribution is -0.670. The molecule has 5 heteroatoms. The third-order valence-electron chi connectivity index (χ3n) is 0.933. The number of hydrogen-bond donors (Lipinski definition) is 1. The molecule has 0 unspecified atom stereocenters. The zero-order valence-electron chi connectivity index (χ0n) is 5.08. The highest BCUT2D eigenvalue weighted by atomic mass is 32.9. The summed E-state index contributed by atoms with van der Waals surface area (Å²) in [7, 11) is 0. The fraction of sp³-hybridized carbons (Fsp3) is 1.00. The van der Waals surface area contributed by atoms with Crippen LogP contribution in [0.4, 0.5) is 0 Å². The van der Waals surface area contributed by atoms with Gasteiger partial charge in [-0.1, -0.05) is 11.8 Å². The predicted molar refractivity (Wildman–Crippen MR) is 44.1 cm³/mol. The summed E-state index contributed by atoms with van der Waals surface area (Å²) in [6, 6.07) is 0. The van der Waals surface area contributed by atoms with Gasteiger partial charge in [-0.2, -0.15) is 6.56 Å². The van der Waals surface area contributed by atoms with Crippen molar-refractivity contribution < 1.29 is 10.1 Å². The van der Waals surface area contributed by atoms with Gasteiger partial charge in [-0.05, 0) is 0 Å². The predicted octanol–water partition coefficient (Wildman–Crippen LogP) is -0.564. The van der Waals surface area contributed by atoms with E-state index in [1.54, 1.807) is 0 Å². The number of quaternary nitrogens is 1. The third kappa shape index (κ3) is 8.79. The Bertz CT molecular complexity index is 58.1. The van der Waals surface area contributed by atoms with Gasteiger partial charge in [0, 0.05) is 0 Å². The van der Waals surface area contributed by atoms with Crippen molar-refractivity contribution in [1.29, 1.82) is 0 Å². The van der Waals surface area contributed by atoms with E-state index in [0.29, 0.717) is 6.56 Å². The molecule has 2 N–H and O–H groups in total. The van der Waals surface area contributed by atoms with Gasteiger partial charge in [0.05, 0.1) is 26.3 Å². The molecule has 1 aliphatic heterocycles. The van der Waals surface area contributed by atoms with Crippen LogP contribution in [0.3, 0.4) is 0 Å². The summed E-state index contributed by atoms with van der Waals surface area (Å²) in [5, 5.41) is 2.27. The topological polar surface area (TPSA) is 25.8 Å². The Hall–Kier alpha value is 0.790. The molecular weight excluding hydrogens is 173 g/mol. The van der Waals surface area contributed by atoms with Crippen molar-refractivity contribution in [3.8, 4) is 0 Å². The Morgan fingerprint density at radius 1 is 1.44 bits per heavy atom. The lowest BCUT2D eigenvalue weighted by atomic mass is 10.5. The second-order valence-corrected chi connectivity index (χ2v) is 3.49. The average Bonchev–Trinajstić information content (AvgIpc) is 1.93. The van der Waals surface area contributed by atoms with Crippen LogP contribution in [0.15, 0.2) is 0 Å². The minimum absolute atomic E-state index is 0.583. The number of rotatable bonds is 0. The highest BCUT2D eigenvalue weighted by Gasteiger charge is 1.96. The van der Waals surface area contributed by atoms with E-state index in [4.69, 9.17) is 4.74 Å². The van der Waals surface area contributed by atoms with Gasteiger partial charge in [0.25, 0.3) is 0 Å². The van der Waals surface area contributed by atoms with Gasteiger partial charge >= 0.3 is 0 Å². The molecule has 54 valence electrons. The molecule has 0 radical (unpaired) electrons. The summed E-state index contributed by atoms with van der Waals surface area (Å²) in [5.41, 5.74) is 0. The Labute approximate surface area is 67.4 Å². The van der Waals surface area contributed by atoms with Crippen LogP contribution >= 0.6 is 6.56 Å². The molecule has 0 spiro atoms. The van der Waals surface area contributed by atoms with Gasteiger partial charge < -0.3 is 22.3 Å². The maximum Gasteiger partial charge on any atom is 0.0993 e. The standard InChI is InChI=1S/C4H9NO.HPS2/c1-3-6-4-2-5-1;2-1-3/h5H,1-4H2;(H,2,3). The van der Waals surface area contributed by atoms with Crippen molar-refractivity contribution in [2.75, 3.05) is 26.3 Å². The Morgan fingerprint density at radius 3 is 2.00 bits per heavy atom. The van der Waals surface area contributed by atoms with E-state index in [9.17, 15) is 0 Å². The summed E-state index contributed by atoms with van der Waals surface area (Å²) in [5.74, 6) is 0. The fourth-order valence-electron chi connectivity index (χ4n) is 0.580. The van der Waals surface area contributed by atoms with E-state index in [-0.39, 0.29) is 0 Å². The van der Waals surface area contributed by atoms with Gasteiger partial charge in [0.1, 0.15) is 0 Å². The molecule has 0 aromatic rings. The quantitative estimate of drug-likeness (QED) is 0.402. The maximum atomic E-state index is 5.04. The van der Waals surface area contributed by atoms with Crippen molar-refractivity contribution in [2.45, 2.75) is 0 Å². The van der Waals surface area contributed by atoms with E-state index < -0.39 is 0 Å². The normalized spacial score (nSPS) is 18.3. The second kappa shape index (κ2) is 8.79. The third-order valence-corrected chi connectivity index (χ3v) is 0.933. The largest absolute Gasteiger partial charge is 0.716 e. The van der Waals surface area contributed by atoms with Gasteiger partial charge in [0.2, 0.25) is 0 Å². The van der Waals surface area contributed by atoms with Crippen LogP contribution in [-0.4, -0.2) is 26.3 Å². The molecule has 9 heavy (non-hydrogen) atoms. The molecule has 0 bridgehead atoms. The Morgan fingerprint density at radius 2 is 1.89 bits per heavy atom. The molecule has 0 aliphatic carbocycles. The van der Waals surface area contributed by atoms with Crippen LogP contribution in [0.5, 0.6) is 0 Å². The molecule has 0 aromatic carbocycles. The molecular formula is C4H10NOPS2. The fourth-order valence-corrected chi connectivity index (χ4v) is 0.580. The van der Waals surface area contributed by atoms with Crippen LogP contribution in [0.1, 0.15) is 0 Å². The molecule has 2 nitrogen and oxygen atoms in total. The van der Waals surface area contributed by atoms with Crippen molar-refractivity contribution in [1.82, 2.24) is 0 Å². The molecule has 0 amide bonds. The smallest absolute Gasteiger partial charge is 0.0993 e. The van der Waals surface area contributed by atoms with Crippen molar-refractivity contribution in [2.24, 2.45) is 0 Å². The molecule has 0 aromatic heterocycles. The van der Waals surface area contributed by atoms with Gasteiger partial charge in [0.15, 0.2) is 0 Å². The molecule has 1 heterocycles. The summed E-state index contributed by atoms with van der Waals surface area (Å²) >= 11 is 8.36. The highest BCUT2D eigenvalue weighted by Crippen LogP contribution is 1.73. The number of hydrogen-bond acceptors (Lipinski definition) is 3. The van der Waals surface area contributed by atoms with Crippen LogP contribution < -0.4 is 5.32 Å². The monoisotopic (exact) mass is 183 g/mol. The zero-order valence-corrected chi connectivity index (χ0v) is 7.61. The summed E-state index contributed by atoms with van der Waals surface area (Å²) < 4.78 is 5.04.